The lowest BCUT2D eigenvalue weighted by molar-refractivity contribution is -0.159. The van der Waals surface area contributed by atoms with Crippen molar-refractivity contribution in [3.05, 3.63) is 36.0 Å². The first-order chi connectivity index (χ1) is 11.0. The number of carboxylic acid groups (broad SMARTS) is 2. The Labute approximate surface area is 140 Å². The van der Waals surface area contributed by atoms with E-state index >= 15 is 0 Å². The van der Waals surface area contributed by atoms with E-state index in [2.05, 4.69) is 4.90 Å². The number of likely N-dealkylation sites (N-methyl/N-ethyl adjacent to an activating group) is 1. The van der Waals surface area contributed by atoms with Crippen LogP contribution in [0.5, 0.6) is 0 Å². The van der Waals surface area contributed by atoms with E-state index in [4.69, 9.17) is 19.8 Å². The average Bonchev–Trinajstić information content (AvgIpc) is 2.84. The van der Waals surface area contributed by atoms with Crippen LogP contribution in [0.15, 0.2) is 30.5 Å². The predicted octanol–water partition coefficient (Wildman–Crippen LogP) is 0.709. The quantitative estimate of drug-likeness (QED) is 0.775. The molecule has 9 heteroatoms. The largest absolute Gasteiger partial charge is 0.473 e. The second-order valence-corrected chi connectivity index (χ2v) is 7.25. The molecular formula is C15H20N2O6S. The van der Waals surface area contributed by atoms with Crippen molar-refractivity contribution in [1.29, 1.82) is 0 Å². The molecule has 2 N–H and O–H groups in total. The lowest BCUT2D eigenvalue weighted by atomic mass is 10.1. The number of nitrogens with zero attached hydrogens (tertiary/aromatic N) is 2. The Bertz CT molecular complexity index is 827. The van der Waals surface area contributed by atoms with Crippen LogP contribution in [0.25, 0.3) is 10.9 Å². The highest BCUT2D eigenvalue weighted by Crippen LogP contribution is 2.23. The van der Waals surface area contributed by atoms with E-state index in [0.717, 1.165) is 29.4 Å². The number of rotatable bonds is 4. The monoisotopic (exact) mass is 356 g/mol. The van der Waals surface area contributed by atoms with Crippen LogP contribution < -0.4 is 0 Å². The van der Waals surface area contributed by atoms with Crippen molar-refractivity contribution in [3.8, 4) is 0 Å². The molecule has 1 aromatic carbocycles. The molecule has 24 heavy (non-hydrogen) atoms. The van der Waals surface area contributed by atoms with Crippen molar-refractivity contribution < 1.29 is 28.2 Å². The zero-order valence-corrected chi connectivity index (χ0v) is 14.4. The minimum atomic E-state index is -3.24. The maximum Gasteiger partial charge on any atom is 0.414 e. The van der Waals surface area contributed by atoms with Crippen molar-refractivity contribution in [2.75, 3.05) is 26.9 Å². The second kappa shape index (κ2) is 7.93. The molecule has 0 aliphatic heterocycles. The van der Waals surface area contributed by atoms with Crippen molar-refractivity contribution in [2.24, 2.45) is 0 Å². The summed E-state index contributed by atoms with van der Waals surface area (Å²) in [6, 6.07) is 7.62. The molecule has 0 saturated carbocycles. The fourth-order valence-electron chi connectivity index (χ4n) is 2.04. The van der Waals surface area contributed by atoms with Crippen LogP contribution in [0.2, 0.25) is 0 Å². The predicted molar refractivity (Wildman–Crippen MR) is 89.7 cm³/mol. The molecule has 0 aliphatic rings. The third-order valence-electron chi connectivity index (χ3n) is 3.13. The first-order valence-electron chi connectivity index (χ1n) is 6.94. The molecule has 0 saturated heterocycles. The van der Waals surface area contributed by atoms with Crippen molar-refractivity contribution >= 4 is 32.9 Å². The highest BCUT2D eigenvalue weighted by Gasteiger charge is 2.14. The molecule has 1 heterocycles. The smallest absolute Gasteiger partial charge is 0.414 e. The molecule has 2 aromatic rings. The summed E-state index contributed by atoms with van der Waals surface area (Å²) in [4.78, 5) is 20.3. The summed E-state index contributed by atoms with van der Waals surface area (Å²) in [5, 5.41) is 15.8. The number of carbonyl (C=O) groups is 2. The van der Waals surface area contributed by atoms with E-state index in [0.29, 0.717) is 0 Å². The summed E-state index contributed by atoms with van der Waals surface area (Å²) in [7, 11) is 0.775. The third-order valence-corrected chi connectivity index (χ3v) is 4.15. The average molecular weight is 356 g/mol. The number of carboxylic acids is 2. The van der Waals surface area contributed by atoms with Gasteiger partial charge in [-0.05, 0) is 32.1 Å². The van der Waals surface area contributed by atoms with Crippen LogP contribution in [0, 0.1) is 0 Å². The van der Waals surface area contributed by atoms with Crippen LogP contribution in [0.1, 0.15) is 5.56 Å². The summed E-state index contributed by atoms with van der Waals surface area (Å²) in [6.07, 6.45) is 3.81. The maximum atomic E-state index is 11.8. The van der Waals surface area contributed by atoms with Gasteiger partial charge in [-0.1, -0.05) is 18.2 Å². The minimum Gasteiger partial charge on any atom is -0.473 e. The van der Waals surface area contributed by atoms with Crippen molar-refractivity contribution in [1.82, 2.24) is 8.87 Å². The topological polar surface area (TPSA) is 117 Å². The van der Waals surface area contributed by atoms with E-state index in [9.17, 15) is 8.42 Å². The van der Waals surface area contributed by atoms with Crippen molar-refractivity contribution in [3.63, 3.8) is 0 Å². The number of aromatic nitrogens is 1. The molecule has 0 aliphatic carbocycles. The molecule has 1 aromatic heterocycles. The van der Waals surface area contributed by atoms with Crippen LogP contribution >= 0.6 is 0 Å². The molecular weight excluding hydrogens is 336 g/mol. The molecule has 0 bridgehead atoms. The highest BCUT2D eigenvalue weighted by atomic mass is 32.2. The molecule has 132 valence electrons. The van der Waals surface area contributed by atoms with Gasteiger partial charge in [0.15, 0.2) is 0 Å². The first kappa shape index (κ1) is 19.7. The van der Waals surface area contributed by atoms with Crippen molar-refractivity contribution in [2.45, 2.75) is 6.42 Å². The van der Waals surface area contributed by atoms with Gasteiger partial charge in [-0.25, -0.2) is 22.0 Å². The van der Waals surface area contributed by atoms with Gasteiger partial charge in [-0.15, -0.1) is 0 Å². The number of benzene rings is 1. The summed E-state index contributed by atoms with van der Waals surface area (Å²) in [5.74, 6) is -3.65. The molecule has 0 radical (unpaired) electrons. The summed E-state index contributed by atoms with van der Waals surface area (Å²) < 4.78 is 24.9. The Hall–Kier alpha value is -2.39. The number of hydrogen-bond donors (Lipinski definition) is 2. The Morgan fingerprint density at radius 3 is 2.12 bits per heavy atom. The number of fused-ring (bicyclic) bond motifs is 1. The number of aliphatic carboxylic acids is 2. The van der Waals surface area contributed by atoms with Gasteiger partial charge in [0.1, 0.15) is 0 Å². The van der Waals surface area contributed by atoms with E-state index in [1.54, 1.807) is 6.20 Å². The van der Waals surface area contributed by atoms with Crippen LogP contribution in [0.3, 0.4) is 0 Å². The fourth-order valence-corrected chi connectivity index (χ4v) is 2.87. The van der Waals surface area contributed by atoms with E-state index in [-0.39, 0.29) is 0 Å². The van der Waals surface area contributed by atoms with Crippen LogP contribution in [0.4, 0.5) is 0 Å². The minimum absolute atomic E-state index is 0.758. The zero-order chi connectivity index (χ0) is 18.5. The maximum absolute atomic E-state index is 11.8. The van der Waals surface area contributed by atoms with Gasteiger partial charge in [-0.3, -0.25) is 0 Å². The van der Waals surface area contributed by atoms with E-state index < -0.39 is 22.0 Å². The first-order valence-corrected chi connectivity index (χ1v) is 8.79. The van der Waals surface area contributed by atoms with Gasteiger partial charge in [-0.2, -0.15) is 0 Å². The van der Waals surface area contributed by atoms with Gasteiger partial charge in [0.25, 0.3) is 0 Å². The summed E-state index contributed by atoms with van der Waals surface area (Å²) >= 11 is 0. The summed E-state index contributed by atoms with van der Waals surface area (Å²) in [5.41, 5.74) is 1.83. The lowest BCUT2D eigenvalue weighted by Crippen LogP contribution is -2.15. The molecule has 0 amide bonds. The lowest BCUT2D eigenvalue weighted by Gasteiger charge is -2.07. The van der Waals surface area contributed by atoms with E-state index in [1.165, 1.54) is 10.2 Å². The Morgan fingerprint density at radius 2 is 1.67 bits per heavy atom. The Morgan fingerprint density at radius 1 is 1.12 bits per heavy atom. The highest BCUT2D eigenvalue weighted by molar-refractivity contribution is 7.89. The number of hydrogen-bond acceptors (Lipinski definition) is 5. The standard InChI is InChI=1S/C13H18N2O2S.C2H2O4/c1-14(2)9-8-11-10-15(18(3,16)17)13-7-5-4-6-12(11)13;3-1(4)2(5)6/h4-7,10H,8-9H2,1-3H3;(H,3,4)(H,5,6). The Kier molecular flexibility index (Phi) is 6.50. The number of para-hydroxylation sites is 1. The van der Waals surface area contributed by atoms with Gasteiger partial charge in [0, 0.05) is 18.1 Å². The third kappa shape index (κ3) is 5.36. The van der Waals surface area contributed by atoms with Crippen LogP contribution in [-0.2, 0) is 26.0 Å². The molecule has 8 nitrogen and oxygen atoms in total. The normalized spacial score (nSPS) is 11.2. The molecule has 0 unspecified atom stereocenters. The van der Waals surface area contributed by atoms with Gasteiger partial charge >= 0.3 is 11.9 Å². The summed E-state index contributed by atoms with van der Waals surface area (Å²) in [6.45, 7) is 0.901. The fraction of sp³-hybridized carbons (Fsp3) is 0.333. The molecule has 2 rings (SSSR count). The van der Waals surface area contributed by atoms with Crippen LogP contribution in [-0.4, -0.2) is 66.3 Å². The molecule has 0 spiro atoms. The zero-order valence-electron chi connectivity index (χ0n) is 13.6. The van der Waals surface area contributed by atoms with Gasteiger partial charge in [0.2, 0.25) is 10.0 Å². The molecule has 0 atom stereocenters. The SMILES string of the molecule is CN(C)CCc1cn(S(C)(=O)=O)c2ccccc12.O=C(O)C(=O)O. The van der Waals surface area contributed by atoms with E-state index in [1.807, 2.05) is 38.4 Å². The molecule has 0 fully saturated rings. The van der Waals surface area contributed by atoms with Gasteiger partial charge in [0.05, 0.1) is 11.8 Å². The Balaban J connectivity index is 0.000000413. The second-order valence-electron chi connectivity index (χ2n) is 5.39. The van der Waals surface area contributed by atoms with Gasteiger partial charge < -0.3 is 15.1 Å².